The molecule has 8 heteroatoms. The molecule has 1 aliphatic rings. The normalized spacial score (nSPS) is 25.2. The van der Waals surface area contributed by atoms with Crippen molar-refractivity contribution in [1.82, 2.24) is 15.2 Å². The number of piperidine rings is 1. The van der Waals surface area contributed by atoms with Crippen molar-refractivity contribution in [2.24, 2.45) is 0 Å². The number of nitrogens with two attached hydrogens (primary N) is 1. The lowest BCUT2D eigenvalue weighted by molar-refractivity contribution is 0.348. The van der Waals surface area contributed by atoms with E-state index in [1.165, 1.54) is 6.92 Å². The van der Waals surface area contributed by atoms with Crippen molar-refractivity contribution < 1.29 is 12.9 Å². The van der Waals surface area contributed by atoms with E-state index in [1.807, 2.05) is 6.92 Å². The Bertz CT molecular complexity index is 506. The molecule has 102 valence electrons. The largest absolute Gasteiger partial charge is 0.380 e. The number of aromatic nitrogens is 1. The molecule has 0 aromatic carbocycles. The Kier molecular flexibility index (Phi) is 3.60. The van der Waals surface area contributed by atoms with Crippen LogP contribution in [0.25, 0.3) is 0 Å². The van der Waals surface area contributed by atoms with Crippen LogP contribution >= 0.6 is 0 Å². The van der Waals surface area contributed by atoms with Crippen LogP contribution in [-0.4, -0.2) is 32.2 Å². The summed E-state index contributed by atoms with van der Waals surface area (Å²) in [5, 5.41) is 6.69. The molecule has 2 atom stereocenters. The van der Waals surface area contributed by atoms with Crippen LogP contribution in [0.3, 0.4) is 0 Å². The van der Waals surface area contributed by atoms with Crippen LogP contribution in [-0.2, 0) is 10.0 Å². The molecule has 0 amide bonds. The summed E-state index contributed by atoms with van der Waals surface area (Å²) in [5.74, 6) is 0.104. The van der Waals surface area contributed by atoms with E-state index in [0.29, 0.717) is 0 Å². The van der Waals surface area contributed by atoms with Gasteiger partial charge in [0.05, 0.1) is 0 Å². The predicted octanol–water partition coefficient (Wildman–Crippen LogP) is -0.0160. The lowest BCUT2D eigenvalue weighted by Crippen LogP contribution is -2.51. The van der Waals surface area contributed by atoms with Gasteiger partial charge in [0.25, 0.3) is 0 Å². The van der Waals surface area contributed by atoms with Gasteiger partial charge >= 0.3 is 0 Å². The molecule has 1 aromatic rings. The first kappa shape index (κ1) is 13.3. The number of sulfonamides is 1. The van der Waals surface area contributed by atoms with Crippen molar-refractivity contribution in [3.63, 3.8) is 0 Å². The highest BCUT2D eigenvalue weighted by molar-refractivity contribution is 7.89. The molecule has 0 spiro atoms. The lowest BCUT2D eigenvalue weighted by atomic mass is 10.0. The van der Waals surface area contributed by atoms with E-state index in [9.17, 15) is 8.42 Å². The zero-order valence-corrected chi connectivity index (χ0v) is 11.3. The van der Waals surface area contributed by atoms with Crippen LogP contribution in [0.4, 0.5) is 5.82 Å². The van der Waals surface area contributed by atoms with Gasteiger partial charge in [-0.25, -0.2) is 13.1 Å². The molecule has 0 saturated carbocycles. The topological polar surface area (TPSA) is 110 Å². The SMILES string of the molecule is Cc1onc(N)c1S(=O)(=O)NC1CCCNC1C. The van der Waals surface area contributed by atoms with Crippen LogP contribution in [0.5, 0.6) is 0 Å². The van der Waals surface area contributed by atoms with Crippen molar-refractivity contribution >= 4 is 15.8 Å². The first-order chi connectivity index (χ1) is 8.42. The molecule has 18 heavy (non-hydrogen) atoms. The molecule has 0 radical (unpaired) electrons. The molecule has 1 aliphatic heterocycles. The van der Waals surface area contributed by atoms with Gasteiger partial charge in [0.15, 0.2) is 16.5 Å². The Morgan fingerprint density at radius 1 is 1.56 bits per heavy atom. The summed E-state index contributed by atoms with van der Waals surface area (Å²) in [6, 6.07) is -0.0487. The van der Waals surface area contributed by atoms with Gasteiger partial charge in [0.1, 0.15) is 0 Å². The van der Waals surface area contributed by atoms with E-state index in [1.54, 1.807) is 0 Å². The second-order valence-corrected chi connectivity index (χ2v) is 6.22. The standard InChI is InChI=1S/C10H18N4O3S/c1-6-8(4-3-5-12-6)14-18(15,16)9-7(2)17-13-10(9)11/h6,8,12,14H,3-5H2,1-2H3,(H2,11,13). The Morgan fingerprint density at radius 3 is 2.83 bits per heavy atom. The molecule has 1 saturated heterocycles. The highest BCUT2D eigenvalue weighted by Gasteiger charge is 2.30. The minimum absolute atomic E-state index is 0.0553. The van der Waals surface area contributed by atoms with E-state index in [2.05, 4.69) is 15.2 Å². The maximum atomic E-state index is 12.2. The first-order valence-electron chi connectivity index (χ1n) is 5.89. The third-order valence-corrected chi connectivity index (χ3v) is 4.82. The minimum atomic E-state index is -3.68. The Hall–Kier alpha value is -1.12. The number of anilines is 1. The van der Waals surface area contributed by atoms with Gasteiger partial charge in [-0.05, 0) is 33.2 Å². The molecular weight excluding hydrogens is 256 g/mol. The van der Waals surface area contributed by atoms with Crippen molar-refractivity contribution in [3.8, 4) is 0 Å². The van der Waals surface area contributed by atoms with Gasteiger partial charge in [-0.1, -0.05) is 5.16 Å². The number of rotatable bonds is 3. The van der Waals surface area contributed by atoms with Crippen LogP contribution in [0.2, 0.25) is 0 Å². The van der Waals surface area contributed by atoms with Crippen molar-refractivity contribution in [2.45, 2.75) is 43.7 Å². The first-order valence-corrected chi connectivity index (χ1v) is 7.37. The van der Waals surface area contributed by atoms with E-state index >= 15 is 0 Å². The maximum absolute atomic E-state index is 12.2. The van der Waals surface area contributed by atoms with E-state index in [-0.39, 0.29) is 28.6 Å². The second kappa shape index (κ2) is 4.87. The second-order valence-electron chi connectivity index (χ2n) is 4.57. The maximum Gasteiger partial charge on any atom is 0.248 e. The molecule has 7 nitrogen and oxygen atoms in total. The van der Waals surface area contributed by atoms with Crippen LogP contribution in [0.1, 0.15) is 25.5 Å². The smallest absolute Gasteiger partial charge is 0.248 e. The van der Waals surface area contributed by atoms with E-state index in [0.717, 1.165) is 19.4 Å². The lowest BCUT2D eigenvalue weighted by Gasteiger charge is -2.30. The Morgan fingerprint density at radius 2 is 2.28 bits per heavy atom. The quantitative estimate of drug-likeness (QED) is 0.714. The number of hydrogen-bond acceptors (Lipinski definition) is 6. The third kappa shape index (κ3) is 2.50. The fourth-order valence-electron chi connectivity index (χ4n) is 2.17. The molecule has 2 rings (SSSR count). The van der Waals surface area contributed by atoms with Crippen LogP contribution in [0, 0.1) is 6.92 Å². The summed E-state index contributed by atoms with van der Waals surface area (Å²) < 4.78 is 31.9. The Labute approximate surface area is 106 Å². The summed E-state index contributed by atoms with van der Waals surface area (Å²) in [5.41, 5.74) is 5.53. The minimum Gasteiger partial charge on any atom is -0.380 e. The molecule has 2 heterocycles. The number of hydrogen-bond donors (Lipinski definition) is 3. The summed E-state index contributed by atoms with van der Waals surface area (Å²) in [6.45, 7) is 4.39. The summed E-state index contributed by atoms with van der Waals surface area (Å²) in [7, 11) is -3.68. The molecule has 1 fully saturated rings. The average Bonchev–Trinajstić information content (AvgIpc) is 2.62. The highest BCUT2D eigenvalue weighted by atomic mass is 32.2. The van der Waals surface area contributed by atoms with Gasteiger partial charge in [-0.3, -0.25) is 0 Å². The van der Waals surface area contributed by atoms with Gasteiger partial charge in [0, 0.05) is 12.1 Å². The van der Waals surface area contributed by atoms with Crippen molar-refractivity contribution in [2.75, 3.05) is 12.3 Å². The molecular formula is C10H18N4O3S. The number of nitrogens with one attached hydrogen (secondary N) is 2. The third-order valence-electron chi connectivity index (χ3n) is 3.17. The molecule has 0 aliphatic carbocycles. The summed E-state index contributed by atoms with van der Waals surface area (Å²) in [4.78, 5) is -0.0553. The molecule has 2 unspecified atom stereocenters. The van der Waals surface area contributed by atoms with Crippen molar-refractivity contribution in [1.29, 1.82) is 0 Å². The van der Waals surface area contributed by atoms with Gasteiger partial charge in [-0.2, -0.15) is 0 Å². The fourth-order valence-corrected chi connectivity index (χ4v) is 3.74. The predicted molar refractivity (Wildman–Crippen MR) is 66.5 cm³/mol. The Balaban J connectivity index is 2.22. The van der Waals surface area contributed by atoms with E-state index < -0.39 is 10.0 Å². The van der Waals surface area contributed by atoms with Crippen LogP contribution < -0.4 is 15.8 Å². The van der Waals surface area contributed by atoms with Gasteiger partial charge in [-0.15, -0.1) is 0 Å². The summed E-state index contributed by atoms with van der Waals surface area (Å²) in [6.07, 6.45) is 1.74. The number of nitrogens with zero attached hydrogens (tertiary/aromatic N) is 1. The van der Waals surface area contributed by atoms with Crippen LogP contribution in [0.15, 0.2) is 9.42 Å². The average molecular weight is 274 g/mol. The highest BCUT2D eigenvalue weighted by Crippen LogP contribution is 2.22. The number of aryl methyl sites for hydroxylation is 1. The number of nitrogen functional groups attached to an aromatic ring is 1. The van der Waals surface area contributed by atoms with E-state index in [4.69, 9.17) is 10.3 Å². The molecule has 4 N–H and O–H groups in total. The molecule has 0 bridgehead atoms. The fraction of sp³-hybridized carbons (Fsp3) is 0.700. The van der Waals surface area contributed by atoms with Gasteiger partial charge < -0.3 is 15.6 Å². The summed E-state index contributed by atoms with van der Waals surface area (Å²) >= 11 is 0. The molecule has 1 aromatic heterocycles. The van der Waals surface area contributed by atoms with Gasteiger partial charge in [0.2, 0.25) is 10.0 Å². The zero-order valence-electron chi connectivity index (χ0n) is 10.4. The monoisotopic (exact) mass is 274 g/mol. The van der Waals surface area contributed by atoms with Crippen molar-refractivity contribution in [3.05, 3.63) is 5.76 Å². The zero-order chi connectivity index (χ0) is 13.3.